The summed E-state index contributed by atoms with van der Waals surface area (Å²) in [6.07, 6.45) is 5.09. The Morgan fingerprint density at radius 1 is 1.15 bits per heavy atom. The molecule has 0 unspecified atom stereocenters. The van der Waals surface area contributed by atoms with Gasteiger partial charge in [-0.3, -0.25) is 9.89 Å². The number of benzene rings is 1. The fourth-order valence-electron chi connectivity index (χ4n) is 2.74. The van der Waals surface area contributed by atoms with Crippen LogP contribution in [0.1, 0.15) is 36.2 Å². The molecule has 2 fully saturated rings. The highest BCUT2D eigenvalue weighted by Gasteiger charge is 2.33. The van der Waals surface area contributed by atoms with Gasteiger partial charge in [0.25, 0.3) is 5.91 Å². The van der Waals surface area contributed by atoms with Crippen molar-refractivity contribution in [1.29, 1.82) is 0 Å². The lowest BCUT2D eigenvalue weighted by Gasteiger charge is -2.21. The van der Waals surface area contributed by atoms with Gasteiger partial charge in [-0.15, -0.1) is 0 Å². The van der Waals surface area contributed by atoms with Crippen molar-refractivity contribution in [1.82, 2.24) is 15.1 Å². The lowest BCUT2D eigenvalue weighted by atomic mass is 10.2. The molecule has 1 heterocycles. The molecule has 0 saturated heterocycles. The van der Waals surface area contributed by atoms with E-state index in [0.29, 0.717) is 5.69 Å². The highest BCUT2D eigenvalue weighted by Crippen LogP contribution is 2.34. The molecular weight excluding hydrogens is 250 g/mol. The molecule has 2 aliphatic carbocycles. The van der Waals surface area contributed by atoms with E-state index in [1.54, 1.807) is 0 Å². The summed E-state index contributed by atoms with van der Waals surface area (Å²) < 4.78 is 0. The smallest absolute Gasteiger partial charge is 0.275 e. The van der Waals surface area contributed by atoms with Crippen molar-refractivity contribution >= 4 is 16.8 Å². The number of nitrogens with one attached hydrogen (secondary N) is 1. The Morgan fingerprint density at radius 2 is 1.80 bits per heavy atom. The Kier molecular flexibility index (Phi) is 2.76. The first kappa shape index (κ1) is 11.9. The molecule has 2 aromatic rings. The SMILES string of the molecule is O=C(c1n[nH]c2ccccc12)N(CC1CC1)CC1CC1. The Balaban J connectivity index is 1.61. The van der Waals surface area contributed by atoms with Gasteiger partial charge >= 0.3 is 0 Å². The molecule has 1 amide bonds. The van der Waals surface area contributed by atoms with E-state index < -0.39 is 0 Å². The molecule has 2 aliphatic rings. The van der Waals surface area contributed by atoms with Crippen LogP contribution < -0.4 is 0 Å². The van der Waals surface area contributed by atoms with Gasteiger partial charge in [-0.2, -0.15) is 5.10 Å². The molecule has 1 aromatic carbocycles. The molecule has 1 N–H and O–H groups in total. The normalized spacial score (nSPS) is 18.4. The zero-order valence-electron chi connectivity index (χ0n) is 11.5. The van der Waals surface area contributed by atoms with Crippen LogP contribution >= 0.6 is 0 Å². The maximum absolute atomic E-state index is 12.8. The molecule has 4 rings (SSSR count). The summed E-state index contributed by atoms with van der Waals surface area (Å²) >= 11 is 0. The molecule has 2 saturated carbocycles. The lowest BCUT2D eigenvalue weighted by molar-refractivity contribution is 0.0735. The van der Waals surface area contributed by atoms with Crippen LogP contribution in [0.25, 0.3) is 10.9 Å². The number of aromatic nitrogens is 2. The Bertz CT molecular complexity index is 626. The predicted octanol–water partition coefficient (Wildman–Crippen LogP) is 2.83. The molecule has 0 aliphatic heterocycles. The second-order valence-corrected chi connectivity index (χ2v) is 6.21. The van der Waals surface area contributed by atoms with Crippen LogP contribution in [-0.2, 0) is 0 Å². The summed E-state index contributed by atoms with van der Waals surface area (Å²) in [6.45, 7) is 1.83. The molecule has 4 heteroatoms. The number of aromatic amines is 1. The van der Waals surface area contributed by atoms with Crippen LogP contribution in [0.2, 0.25) is 0 Å². The first-order valence-corrected chi connectivity index (χ1v) is 7.53. The summed E-state index contributed by atoms with van der Waals surface area (Å²) in [6, 6.07) is 7.85. The molecule has 4 nitrogen and oxygen atoms in total. The Labute approximate surface area is 118 Å². The molecule has 0 spiro atoms. The quantitative estimate of drug-likeness (QED) is 0.907. The first-order chi connectivity index (χ1) is 9.81. The van der Waals surface area contributed by atoms with Gasteiger partial charge in [-0.1, -0.05) is 18.2 Å². The minimum absolute atomic E-state index is 0.0984. The second kappa shape index (κ2) is 4.62. The van der Waals surface area contributed by atoms with Crippen molar-refractivity contribution < 1.29 is 4.79 Å². The van der Waals surface area contributed by atoms with E-state index in [2.05, 4.69) is 10.2 Å². The minimum atomic E-state index is 0.0984. The topological polar surface area (TPSA) is 49.0 Å². The van der Waals surface area contributed by atoms with Gasteiger partial charge in [0.15, 0.2) is 5.69 Å². The number of rotatable bonds is 5. The van der Waals surface area contributed by atoms with Crippen molar-refractivity contribution in [3.8, 4) is 0 Å². The van der Waals surface area contributed by atoms with Gasteiger partial charge in [0.2, 0.25) is 0 Å². The number of para-hydroxylation sites is 1. The van der Waals surface area contributed by atoms with Crippen LogP contribution in [0, 0.1) is 11.8 Å². The van der Waals surface area contributed by atoms with E-state index in [1.807, 2.05) is 29.2 Å². The number of H-pyrrole nitrogens is 1. The first-order valence-electron chi connectivity index (χ1n) is 7.53. The molecule has 0 radical (unpaired) electrons. The fraction of sp³-hybridized carbons (Fsp3) is 0.500. The van der Waals surface area contributed by atoms with Crippen molar-refractivity contribution in [2.75, 3.05) is 13.1 Å². The van der Waals surface area contributed by atoms with E-state index in [1.165, 1.54) is 25.7 Å². The summed E-state index contributed by atoms with van der Waals surface area (Å²) in [7, 11) is 0. The van der Waals surface area contributed by atoms with Crippen LogP contribution in [-0.4, -0.2) is 34.1 Å². The van der Waals surface area contributed by atoms with Gasteiger partial charge in [0.1, 0.15) is 0 Å². The molecule has 0 atom stereocenters. The van der Waals surface area contributed by atoms with E-state index in [4.69, 9.17) is 0 Å². The van der Waals surface area contributed by atoms with Crippen molar-refractivity contribution in [2.24, 2.45) is 11.8 Å². The lowest BCUT2D eigenvalue weighted by Crippen LogP contribution is -2.35. The summed E-state index contributed by atoms with van der Waals surface area (Å²) in [5.74, 6) is 1.55. The van der Waals surface area contributed by atoms with Crippen molar-refractivity contribution in [3.05, 3.63) is 30.0 Å². The Hall–Kier alpha value is -1.84. The molecule has 104 valence electrons. The number of fused-ring (bicyclic) bond motifs is 1. The number of carbonyl (C=O) groups excluding carboxylic acids is 1. The average molecular weight is 269 g/mol. The van der Waals surface area contributed by atoms with Crippen LogP contribution in [0.3, 0.4) is 0 Å². The molecule has 1 aromatic heterocycles. The van der Waals surface area contributed by atoms with Gasteiger partial charge < -0.3 is 4.90 Å². The third kappa shape index (κ3) is 2.30. The van der Waals surface area contributed by atoms with E-state index in [0.717, 1.165) is 35.8 Å². The maximum atomic E-state index is 12.8. The van der Waals surface area contributed by atoms with Gasteiger partial charge in [-0.25, -0.2) is 0 Å². The Morgan fingerprint density at radius 3 is 2.45 bits per heavy atom. The number of nitrogens with zero attached hydrogens (tertiary/aromatic N) is 2. The van der Waals surface area contributed by atoms with Gasteiger partial charge in [0.05, 0.1) is 5.52 Å². The summed E-state index contributed by atoms with van der Waals surface area (Å²) in [5.41, 5.74) is 1.52. The van der Waals surface area contributed by atoms with Crippen LogP contribution in [0.5, 0.6) is 0 Å². The third-order valence-corrected chi connectivity index (χ3v) is 4.31. The highest BCUT2D eigenvalue weighted by molar-refractivity contribution is 6.04. The average Bonchev–Trinajstić information content (AvgIpc) is 3.38. The summed E-state index contributed by atoms with van der Waals surface area (Å²) in [4.78, 5) is 14.8. The van der Waals surface area contributed by atoms with E-state index in [-0.39, 0.29) is 5.91 Å². The van der Waals surface area contributed by atoms with Crippen molar-refractivity contribution in [2.45, 2.75) is 25.7 Å². The standard InChI is InChI=1S/C16H19N3O/c20-16(15-13-3-1-2-4-14(13)17-18-15)19(9-11-5-6-11)10-12-7-8-12/h1-4,11-12H,5-10H2,(H,17,18). The van der Waals surface area contributed by atoms with E-state index >= 15 is 0 Å². The second-order valence-electron chi connectivity index (χ2n) is 6.21. The molecular formula is C16H19N3O. The fourth-order valence-corrected chi connectivity index (χ4v) is 2.74. The monoisotopic (exact) mass is 269 g/mol. The predicted molar refractivity (Wildman–Crippen MR) is 77.4 cm³/mol. The maximum Gasteiger partial charge on any atom is 0.275 e. The molecule has 20 heavy (non-hydrogen) atoms. The molecule has 0 bridgehead atoms. The number of hydrogen-bond donors (Lipinski definition) is 1. The largest absolute Gasteiger partial charge is 0.337 e. The highest BCUT2D eigenvalue weighted by atomic mass is 16.2. The van der Waals surface area contributed by atoms with Gasteiger partial charge in [-0.05, 0) is 43.6 Å². The number of hydrogen-bond acceptors (Lipinski definition) is 2. The number of carbonyl (C=O) groups is 1. The third-order valence-electron chi connectivity index (χ3n) is 4.31. The summed E-state index contributed by atoms with van der Waals surface area (Å²) in [5, 5.41) is 8.16. The van der Waals surface area contributed by atoms with Gasteiger partial charge in [0, 0.05) is 18.5 Å². The number of amides is 1. The van der Waals surface area contributed by atoms with Crippen LogP contribution in [0.15, 0.2) is 24.3 Å². The van der Waals surface area contributed by atoms with E-state index in [9.17, 15) is 4.79 Å². The zero-order valence-corrected chi connectivity index (χ0v) is 11.5. The van der Waals surface area contributed by atoms with Crippen LogP contribution in [0.4, 0.5) is 0 Å². The minimum Gasteiger partial charge on any atom is -0.337 e. The van der Waals surface area contributed by atoms with Crippen molar-refractivity contribution in [3.63, 3.8) is 0 Å². The zero-order chi connectivity index (χ0) is 13.5.